The number of hydrogen-bond acceptors (Lipinski definition) is 3. The van der Waals surface area contributed by atoms with Crippen LogP contribution in [0.2, 0.25) is 38.3 Å². The Kier molecular flexibility index (Phi) is 15.1. The maximum atomic E-state index is 12.3. The first-order valence-electron chi connectivity index (χ1n) is 19.5. The Morgan fingerprint density at radius 1 is 0.648 bits per heavy atom. The van der Waals surface area contributed by atoms with E-state index in [9.17, 15) is 22.0 Å². The van der Waals surface area contributed by atoms with E-state index in [1.165, 1.54) is 81.7 Å². The molecule has 3 nitrogen and oxygen atoms in total. The Morgan fingerprint density at radius 3 is 1.46 bits per heavy atom. The van der Waals surface area contributed by atoms with Crippen LogP contribution in [0.3, 0.4) is 0 Å². The predicted molar refractivity (Wildman–Crippen MR) is 208 cm³/mol. The van der Waals surface area contributed by atoms with E-state index in [-0.39, 0.29) is 21.2 Å². The highest BCUT2D eigenvalue weighted by Gasteiger charge is 2.45. The van der Waals surface area contributed by atoms with E-state index in [2.05, 4.69) is 103 Å². The van der Waals surface area contributed by atoms with Crippen molar-refractivity contribution in [3.63, 3.8) is 0 Å². The second-order valence-corrected chi connectivity index (χ2v) is 28.9. The third-order valence-corrected chi connectivity index (χ3v) is 21.2. The maximum absolute atomic E-state index is 12.3. The fourth-order valence-corrected chi connectivity index (χ4v) is 18.9. The Morgan fingerprint density at radius 2 is 1.06 bits per heavy atom. The first-order valence-corrected chi connectivity index (χ1v) is 27.9. The molecule has 2 heterocycles. The van der Waals surface area contributed by atoms with Gasteiger partial charge in [-0.25, -0.2) is 22.0 Å². The van der Waals surface area contributed by atoms with Crippen LogP contribution in [-0.4, -0.2) is 48.9 Å². The molecular weight excluding hydrogens is 841 g/mol. The standard InChI is InChI=1S/C20H38O3Si2.C16H18I.C6BF5/c1-24(2,11-9-15-5-7-17-19(13-15)21-17)23-25(3,4)12-10-16-6-8-18-20(14-16)22-18;1-12(2)14-6-10-16(11-7-14)17-15-8-4-13(3)5-9-15;7-1-2(8)4(10)6(12)5(11)3(1)9/h15-20H,5-14H2,1-4H3;4-12H,1-3H3;/q;+1;. The van der Waals surface area contributed by atoms with Crippen LogP contribution >= 0.6 is 0 Å². The lowest BCUT2D eigenvalue weighted by molar-refractivity contribution is -0.597. The Balaban J connectivity index is 0.000000168. The van der Waals surface area contributed by atoms with Crippen molar-refractivity contribution in [3.05, 3.63) is 95.9 Å². The number of benzene rings is 3. The monoisotopic (exact) mass is 897 g/mol. The summed E-state index contributed by atoms with van der Waals surface area (Å²) in [4.78, 5) is 0. The molecule has 6 unspecified atom stereocenters. The van der Waals surface area contributed by atoms with Crippen LogP contribution < -0.4 is 26.7 Å². The molecule has 2 aliphatic heterocycles. The summed E-state index contributed by atoms with van der Waals surface area (Å²) in [5, 5.41) is 0. The number of aryl methyl sites for hydroxylation is 1. The van der Waals surface area contributed by atoms with Crippen molar-refractivity contribution in [2.75, 3.05) is 0 Å². The van der Waals surface area contributed by atoms with Gasteiger partial charge in [-0.2, -0.15) is 0 Å². The molecule has 0 aromatic heterocycles. The zero-order valence-corrected chi connectivity index (χ0v) is 37.0. The minimum Gasteiger partial charge on any atom is -0.455 e. The summed E-state index contributed by atoms with van der Waals surface area (Å²) in [6, 6.07) is 20.7. The second kappa shape index (κ2) is 18.8. The van der Waals surface area contributed by atoms with Gasteiger partial charge in [0.05, 0.1) is 24.4 Å². The van der Waals surface area contributed by atoms with Crippen LogP contribution in [-0.2, 0) is 13.6 Å². The highest BCUT2D eigenvalue weighted by molar-refractivity contribution is 6.84. The topological polar surface area (TPSA) is 34.3 Å². The highest BCUT2D eigenvalue weighted by atomic mass is 127. The van der Waals surface area contributed by atoms with E-state index in [0.29, 0.717) is 30.3 Å². The van der Waals surface area contributed by atoms with Gasteiger partial charge in [-0.1, -0.05) is 56.5 Å². The van der Waals surface area contributed by atoms with Gasteiger partial charge in [0.1, 0.15) is 7.85 Å². The summed E-state index contributed by atoms with van der Waals surface area (Å²) < 4.78 is 82.4. The zero-order valence-electron chi connectivity index (χ0n) is 32.8. The first-order chi connectivity index (χ1) is 25.4. The van der Waals surface area contributed by atoms with Crippen molar-refractivity contribution in [1.82, 2.24) is 0 Å². The number of ether oxygens (including phenoxy) is 2. The summed E-state index contributed by atoms with van der Waals surface area (Å²) in [6.07, 6.45) is 13.3. The molecule has 0 bridgehead atoms. The minimum absolute atomic E-state index is 0.0167. The fraction of sp³-hybridized carbons (Fsp3) is 0.571. The van der Waals surface area contributed by atoms with E-state index in [0.717, 1.165) is 11.8 Å². The Hall–Kier alpha value is -1.58. The van der Waals surface area contributed by atoms with Gasteiger partial charge in [0.15, 0.2) is 52.9 Å². The summed E-state index contributed by atoms with van der Waals surface area (Å²) in [6.45, 7) is 16.5. The normalized spacial score (nSPS) is 24.4. The van der Waals surface area contributed by atoms with E-state index < -0.39 is 51.2 Å². The zero-order chi connectivity index (χ0) is 39.4. The molecule has 0 spiro atoms. The number of epoxide rings is 2. The van der Waals surface area contributed by atoms with Crippen LogP contribution in [0.15, 0.2) is 48.5 Å². The lowest BCUT2D eigenvalue weighted by Gasteiger charge is -2.36. The molecule has 4 aliphatic rings. The third-order valence-electron chi connectivity index (χ3n) is 11.1. The van der Waals surface area contributed by atoms with E-state index in [1.54, 1.807) is 0 Å². The SMILES string of the molecule is C[Si](C)(CCC1CCC2OC2C1)O[Si](C)(C)CCC1CCC2OC2C1.Cc1ccc([I+]c2ccc(C(C)C)cc2)cc1.[B]c1c(F)c(F)c(F)c(F)c1F. The van der Waals surface area contributed by atoms with Crippen molar-refractivity contribution >= 4 is 29.9 Å². The van der Waals surface area contributed by atoms with Gasteiger partial charge in [-0.15, -0.1) is 0 Å². The second-order valence-electron chi connectivity index (χ2n) is 17.1. The Labute approximate surface area is 333 Å². The summed E-state index contributed by atoms with van der Waals surface area (Å²) in [7, 11) is 1.50. The van der Waals surface area contributed by atoms with E-state index >= 15 is 0 Å². The minimum atomic E-state index is -2.21. The number of halogens is 6. The number of hydrogen-bond donors (Lipinski definition) is 0. The predicted octanol–water partition coefficient (Wildman–Crippen LogP) is 7.75. The quantitative estimate of drug-likeness (QED) is 0.0494. The molecule has 2 saturated heterocycles. The largest absolute Gasteiger partial charge is 0.455 e. The van der Waals surface area contributed by atoms with Gasteiger partial charge in [0.25, 0.3) is 0 Å². The van der Waals surface area contributed by atoms with Crippen molar-refractivity contribution in [2.45, 2.75) is 141 Å². The molecular formula is C42H56BF5IO3Si2+. The lowest BCUT2D eigenvalue weighted by Crippen LogP contribution is -3.61. The van der Waals surface area contributed by atoms with Gasteiger partial charge in [0, 0.05) is 0 Å². The lowest BCUT2D eigenvalue weighted by atomic mass is 9.88. The molecule has 2 aliphatic carbocycles. The molecule has 3 aromatic carbocycles. The van der Waals surface area contributed by atoms with Gasteiger partial charge < -0.3 is 13.6 Å². The molecule has 4 fully saturated rings. The molecule has 0 N–H and O–H groups in total. The first kappa shape index (κ1) is 43.5. The van der Waals surface area contributed by atoms with Crippen LogP contribution in [0.4, 0.5) is 22.0 Å². The number of rotatable bonds is 11. The van der Waals surface area contributed by atoms with Gasteiger partial charge >= 0.3 is 21.2 Å². The smallest absolute Gasteiger partial charge is 0.357 e. The molecule has 7 rings (SSSR count). The van der Waals surface area contributed by atoms with Crippen LogP contribution in [0.25, 0.3) is 0 Å². The third kappa shape index (κ3) is 12.7. The molecule has 0 amide bonds. The van der Waals surface area contributed by atoms with E-state index in [1.807, 2.05) is 0 Å². The van der Waals surface area contributed by atoms with Gasteiger partial charge in [-0.05, 0) is 137 Å². The van der Waals surface area contributed by atoms with Crippen molar-refractivity contribution in [2.24, 2.45) is 11.8 Å². The van der Waals surface area contributed by atoms with Crippen molar-refractivity contribution in [1.29, 1.82) is 0 Å². The average molecular weight is 898 g/mol. The highest BCUT2D eigenvalue weighted by Crippen LogP contribution is 2.43. The molecule has 54 heavy (non-hydrogen) atoms. The summed E-state index contributed by atoms with van der Waals surface area (Å²) >= 11 is -0.0167. The molecule has 12 heteroatoms. The molecule has 2 radical (unpaired) electrons. The fourth-order valence-electron chi connectivity index (χ4n) is 7.71. The van der Waals surface area contributed by atoms with Crippen LogP contribution in [0.1, 0.15) is 82.3 Å². The summed E-state index contributed by atoms with van der Waals surface area (Å²) in [5.74, 6) is -7.87. The van der Waals surface area contributed by atoms with Crippen LogP contribution in [0.5, 0.6) is 0 Å². The Bertz CT molecular complexity index is 1550. The maximum Gasteiger partial charge on any atom is 0.357 e. The van der Waals surface area contributed by atoms with E-state index in [4.69, 9.17) is 13.6 Å². The molecule has 294 valence electrons. The molecule has 3 aromatic rings. The molecule has 6 atom stereocenters. The van der Waals surface area contributed by atoms with Gasteiger partial charge in [-0.3, -0.25) is 0 Å². The average Bonchev–Trinajstić information content (AvgIpc) is 4.07. The van der Waals surface area contributed by atoms with Gasteiger partial charge in [0.2, 0.25) is 0 Å². The van der Waals surface area contributed by atoms with Crippen molar-refractivity contribution in [3.8, 4) is 0 Å². The summed E-state index contributed by atoms with van der Waals surface area (Å²) in [5.41, 5.74) is 1.40. The van der Waals surface area contributed by atoms with Crippen molar-refractivity contribution < 1.29 is 56.7 Å². The molecule has 2 saturated carbocycles. The van der Waals surface area contributed by atoms with Crippen LogP contribution in [0, 0.1) is 55.0 Å². The number of fused-ring (bicyclic) bond motifs is 2.